The molecule has 6 nitrogen and oxygen atoms in total. The number of aromatic amines is 1. The smallest absolute Gasteiger partial charge is 0.279 e. The summed E-state index contributed by atoms with van der Waals surface area (Å²) in [6.45, 7) is 3.87. The van der Waals surface area contributed by atoms with E-state index in [-0.39, 0.29) is 6.04 Å². The van der Waals surface area contributed by atoms with E-state index in [4.69, 9.17) is 11.1 Å². The van der Waals surface area contributed by atoms with Crippen LogP contribution < -0.4 is 10.6 Å². The van der Waals surface area contributed by atoms with Gasteiger partial charge in [-0.3, -0.25) is 5.41 Å². The normalized spacial score (nSPS) is 19.3. The maximum Gasteiger partial charge on any atom is 0.279 e. The third-order valence-corrected chi connectivity index (χ3v) is 4.32. The Bertz CT molecular complexity index is 813. The second-order valence-corrected chi connectivity index (χ2v) is 7.90. The molecule has 0 spiro atoms. The highest BCUT2D eigenvalue weighted by Crippen LogP contribution is 2.25. The predicted octanol–water partition coefficient (Wildman–Crippen LogP) is 3.92. The second kappa shape index (κ2) is 11.1. The number of pyridine rings is 1. The number of piperidine rings is 1. The van der Waals surface area contributed by atoms with Crippen LogP contribution in [0.15, 0.2) is 30.6 Å². The molecule has 0 bridgehead atoms. The van der Waals surface area contributed by atoms with Crippen LogP contribution in [0.2, 0.25) is 0 Å². The molecule has 3 heterocycles. The van der Waals surface area contributed by atoms with Crippen molar-refractivity contribution in [2.75, 3.05) is 30.5 Å². The molecule has 1 aliphatic rings. The number of H-pyrrole nitrogens is 1. The van der Waals surface area contributed by atoms with E-state index in [1.54, 1.807) is 24.2 Å². The van der Waals surface area contributed by atoms with Gasteiger partial charge in [0.05, 0.1) is 17.6 Å². The van der Waals surface area contributed by atoms with Crippen molar-refractivity contribution in [3.05, 3.63) is 36.4 Å². The average Bonchev–Trinajstić information content (AvgIpc) is 3.15. The number of imidazole rings is 1. The van der Waals surface area contributed by atoms with Gasteiger partial charge in [0, 0.05) is 30.9 Å². The molecule has 0 amide bonds. The maximum absolute atomic E-state index is 12.4. The van der Waals surface area contributed by atoms with Gasteiger partial charge in [0.1, 0.15) is 11.6 Å². The molecule has 29 heavy (non-hydrogen) atoms. The Hall–Kier alpha value is -2.26. The van der Waals surface area contributed by atoms with Crippen molar-refractivity contribution in [3.8, 4) is 11.3 Å². The fourth-order valence-electron chi connectivity index (χ4n) is 3.16. The average molecular weight is 423 g/mol. The number of nitrogens with one attached hydrogen (secondary N) is 2. The fraction of sp³-hybridized carbons (Fsp3) is 0.450. The molecule has 2 aromatic rings. The van der Waals surface area contributed by atoms with Crippen LogP contribution in [0.5, 0.6) is 0 Å². The van der Waals surface area contributed by atoms with Gasteiger partial charge in [-0.1, -0.05) is 6.92 Å². The monoisotopic (exact) mass is 422 g/mol. The molecule has 0 saturated carbocycles. The number of thioether (sulfide) groups is 1. The van der Waals surface area contributed by atoms with Gasteiger partial charge in [0.25, 0.3) is 6.43 Å². The van der Waals surface area contributed by atoms with Crippen molar-refractivity contribution < 1.29 is 8.78 Å². The number of allylic oxidation sites excluding steroid dienone is 1. The van der Waals surface area contributed by atoms with Gasteiger partial charge >= 0.3 is 0 Å². The number of hydrogen-bond donors (Lipinski definition) is 3. The zero-order chi connectivity index (χ0) is 21.4. The summed E-state index contributed by atoms with van der Waals surface area (Å²) in [4.78, 5) is 13.9. The van der Waals surface area contributed by atoms with Crippen molar-refractivity contribution >= 4 is 29.4 Å². The van der Waals surface area contributed by atoms with Gasteiger partial charge in [0.15, 0.2) is 0 Å². The number of halogens is 2. The van der Waals surface area contributed by atoms with Gasteiger partial charge in [0.2, 0.25) is 0 Å². The van der Waals surface area contributed by atoms with Gasteiger partial charge in [-0.15, -0.1) is 0 Å². The lowest BCUT2D eigenvalue weighted by Crippen LogP contribution is -2.46. The molecule has 1 saturated heterocycles. The van der Waals surface area contributed by atoms with Crippen molar-refractivity contribution in [1.29, 1.82) is 5.41 Å². The topological polar surface area (TPSA) is 94.7 Å². The molecule has 2 aromatic heterocycles. The lowest BCUT2D eigenvalue weighted by atomic mass is 9.96. The third-order valence-electron chi connectivity index (χ3n) is 4.32. The Morgan fingerprint density at radius 3 is 2.76 bits per heavy atom. The number of nitrogens with two attached hydrogens (primary N) is 1. The highest BCUT2D eigenvalue weighted by molar-refractivity contribution is 7.97. The van der Waals surface area contributed by atoms with Crippen LogP contribution in [-0.4, -0.2) is 58.7 Å². The zero-order valence-corrected chi connectivity index (χ0v) is 17.7. The molecule has 4 N–H and O–H groups in total. The van der Waals surface area contributed by atoms with Crippen molar-refractivity contribution in [1.82, 2.24) is 15.0 Å². The summed E-state index contributed by atoms with van der Waals surface area (Å²) < 4.78 is 24.7. The van der Waals surface area contributed by atoms with E-state index >= 15 is 0 Å². The molecule has 1 aliphatic heterocycles. The summed E-state index contributed by atoms with van der Waals surface area (Å²) in [5.74, 6) is 1.78. The summed E-state index contributed by atoms with van der Waals surface area (Å²) in [6, 6.07) is 3.96. The van der Waals surface area contributed by atoms with Gasteiger partial charge < -0.3 is 15.6 Å². The van der Waals surface area contributed by atoms with E-state index in [0.717, 1.165) is 42.7 Å². The zero-order valence-electron chi connectivity index (χ0n) is 16.9. The van der Waals surface area contributed by atoms with Gasteiger partial charge in [-0.05, 0) is 49.1 Å². The molecule has 1 fully saturated rings. The molecule has 158 valence electrons. The first kappa shape index (κ1) is 23.0. The van der Waals surface area contributed by atoms with E-state index in [1.807, 2.05) is 24.6 Å². The van der Waals surface area contributed by atoms with E-state index in [0.29, 0.717) is 11.7 Å². The maximum atomic E-state index is 12.4. The van der Waals surface area contributed by atoms with Crippen LogP contribution >= 0.6 is 11.8 Å². The highest BCUT2D eigenvalue weighted by atomic mass is 32.2. The molecule has 9 heteroatoms. The molecule has 0 radical (unpaired) electrons. The van der Waals surface area contributed by atoms with E-state index < -0.39 is 12.1 Å². The minimum absolute atomic E-state index is 0.137. The standard InChI is InChI=1S/C18H22F2N6.C2H6S/c1-11-6-13(21)10-26(9-11)17-7-12(4-5-23-17)15-8-24-16(25-15)3-2-14(22)18(19)20;1-3-2/h2-5,7-8,11,13,18,22H,6,9-10,21H2,1H3,(H,24,25);1-2H3/b3-2-,22-14?;. The predicted molar refractivity (Wildman–Crippen MR) is 118 cm³/mol. The number of alkyl halides is 2. The molecule has 0 aromatic carbocycles. The van der Waals surface area contributed by atoms with Crippen LogP contribution in [0.4, 0.5) is 14.6 Å². The Kier molecular flexibility index (Phi) is 8.78. The largest absolute Gasteiger partial charge is 0.355 e. The van der Waals surface area contributed by atoms with Crippen LogP contribution in [0.25, 0.3) is 17.3 Å². The van der Waals surface area contributed by atoms with E-state index in [9.17, 15) is 8.78 Å². The number of rotatable bonds is 5. The minimum atomic E-state index is -2.79. The van der Waals surface area contributed by atoms with E-state index in [1.165, 1.54) is 6.08 Å². The first-order valence-corrected chi connectivity index (χ1v) is 10.9. The molecule has 2 unspecified atom stereocenters. The van der Waals surface area contributed by atoms with E-state index in [2.05, 4.69) is 26.8 Å². The Morgan fingerprint density at radius 1 is 1.38 bits per heavy atom. The Labute approximate surface area is 174 Å². The number of aromatic nitrogens is 3. The summed E-state index contributed by atoms with van der Waals surface area (Å²) in [7, 11) is 0. The van der Waals surface area contributed by atoms with Crippen LogP contribution in [0.3, 0.4) is 0 Å². The Balaban J connectivity index is 0.000000941. The van der Waals surface area contributed by atoms with Crippen molar-refractivity contribution in [3.63, 3.8) is 0 Å². The van der Waals surface area contributed by atoms with Crippen molar-refractivity contribution in [2.45, 2.75) is 25.8 Å². The lowest BCUT2D eigenvalue weighted by Gasteiger charge is -2.35. The SMILES string of the molecule is CC1CC(N)CN(c2cc(-c3cnc(/C=C\C(=N)C(F)F)[nH]3)ccn2)C1.CSC. The molecule has 0 aliphatic carbocycles. The van der Waals surface area contributed by atoms with Crippen LogP contribution in [0.1, 0.15) is 19.2 Å². The van der Waals surface area contributed by atoms with Gasteiger partial charge in [-0.2, -0.15) is 11.8 Å². The van der Waals surface area contributed by atoms with Gasteiger partial charge in [-0.25, -0.2) is 18.7 Å². The van der Waals surface area contributed by atoms with Crippen LogP contribution in [-0.2, 0) is 0 Å². The summed E-state index contributed by atoms with van der Waals surface area (Å²) in [6.07, 6.45) is 8.09. The quantitative estimate of drug-likeness (QED) is 0.635. The molecular formula is C20H28F2N6S. The second-order valence-electron chi connectivity index (χ2n) is 7.09. The molecule has 2 atom stereocenters. The third kappa shape index (κ3) is 6.93. The first-order chi connectivity index (χ1) is 13.8. The summed E-state index contributed by atoms with van der Waals surface area (Å²) >= 11 is 1.75. The number of hydrogen-bond acceptors (Lipinski definition) is 6. The van der Waals surface area contributed by atoms with Crippen LogP contribution in [0, 0.1) is 11.3 Å². The fourth-order valence-corrected chi connectivity index (χ4v) is 3.16. The molecule has 3 rings (SSSR count). The minimum Gasteiger partial charge on any atom is -0.355 e. The Morgan fingerprint density at radius 2 is 2.10 bits per heavy atom. The summed E-state index contributed by atoms with van der Waals surface area (Å²) in [5, 5.41) is 7.14. The molecular weight excluding hydrogens is 394 g/mol. The summed E-state index contributed by atoms with van der Waals surface area (Å²) in [5.41, 5.74) is 7.03. The number of anilines is 1. The first-order valence-electron chi connectivity index (χ1n) is 9.30. The van der Waals surface area contributed by atoms with Crippen molar-refractivity contribution in [2.24, 2.45) is 11.7 Å². The lowest BCUT2D eigenvalue weighted by molar-refractivity contribution is 0.226. The number of nitrogens with zero attached hydrogens (tertiary/aromatic N) is 3. The highest BCUT2D eigenvalue weighted by Gasteiger charge is 2.23.